The Hall–Kier alpha value is -2.94. The molecule has 140 valence electrons. The molecule has 0 N–H and O–H groups in total. The van der Waals surface area contributed by atoms with Gasteiger partial charge in [0, 0.05) is 11.8 Å². The normalized spacial score (nSPS) is 12.0. The summed E-state index contributed by atoms with van der Waals surface area (Å²) in [7, 11) is -4.03. The first kappa shape index (κ1) is 18.8. The Balaban J connectivity index is 2.07. The first-order valence-corrected chi connectivity index (χ1v) is 9.52. The van der Waals surface area contributed by atoms with E-state index in [1.165, 1.54) is 12.1 Å². The number of nitrogens with zero attached hydrogens (tertiary/aromatic N) is 2. The molecule has 1 aromatic heterocycles. The highest BCUT2D eigenvalue weighted by molar-refractivity contribution is 7.90. The summed E-state index contributed by atoms with van der Waals surface area (Å²) >= 11 is 0. The molecular weight excluding hydrogens is 381 g/mol. The van der Waals surface area contributed by atoms with Crippen LogP contribution in [0, 0.1) is 0 Å². The summed E-state index contributed by atoms with van der Waals surface area (Å²) < 4.78 is 68.4. The Bertz CT molecular complexity index is 1070. The van der Waals surface area contributed by atoms with Crippen LogP contribution in [0.5, 0.6) is 11.5 Å². The van der Waals surface area contributed by atoms with Crippen LogP contribution in [-0.4, -0.2) is 24.6 Å². The van der Waals surface area contributed by atoms with Gasteiger partial charge in [-0.1, -0.05) is 30.3 Å². The second-order valence-corrected chi connectivity index (χ2v) is 7.54. The van der Waals surface area contributed by atoms with Gasteiger partial charge < -0.3 is 4.74 Å². The molecule has 9 heteroatoms. The molecule has 0 radical (unpaired) electrons. The highest BCUT2D eigenvalue weighted by atomic mass is 32.2. The minimum Gasteiger partial charge on any atom is -0.457 e. The van der Waals surface area contributed by atoms with Gasteiger partial charge in [0.15, 0.2) is 0 Å². The highest BCUT2D eigenvalue weighted by Crippen LogP contribution is 2.32. The van der Waals surface area contributed by atoms with E-state index < -0.39 is 26.9 Å². The second kappa shape index (κ2) is 6.99. The van der Waals surface area contributed by atoms with E-state index in [0.717, 1.165) is 6.26 Å². The van der Waals surface area contributed by atoms with Crippen LogP contribution in [0.25, 0.3) is 11.3 Å². The molecule has 1 heterocycles. The maximum absolute atomic E-state index is 13.1. The molecule has 0 bridgehead atoms. The maximum Gasteiger partial charge on any atom is 0.433 e. The van der Waals surface area contributed by atoms with Gasteiger partial charge in [0.1, 0.15) is 17.2 Å². The van der Waals surface area contributed by atoms with Gasteiger partial charge in [-0.15, -0.1) is 0 Å². The van der Waals surface area contributed by atoms with Crippen molar-refractivity contribution in [3.05, 3.63) is 66.4 Å². The molecule has 5 nitrogen and oxygen atoms in total. The van der Waals surface area contributed by atoms with Gasteiger partial charge in [-0.2, -0.15) is 13.2 Å². The van der Waals surface area contributed by atoms with Crippen molar-refractivity contribution in [3.8, 4) is 22.8 Å². The fourth-order valence-corrected chi connectivity index (χ4v) is 2.76. The molecule has 2 aromatic carbocycles. The Morgan fingerprint density at radius 2 is 1.56 bits per heavy atom. The molecule has 27 heavy (non-hydrogen) atoms. The molecule has 0 aliphatic carbocycles. The van der Waals surface area contributed by atoms with Crippen molar-refractivity contribution in [1.82, 2.24) is 9.97 Å². The van der Waals surface area contributed by atoms with Crippen LogP contribution >= 0.6 is 0 Å². The topological polar surface area (TPSA) is 69.2 Å². The molecule has 0 atom stereocenters. The first-order chi connectivity index (χ1) is 12.6. The summed E-state index contributed by atoms with van der Waals surface area (Å²) in [6, 6.07) is 15.7. The second-order valence-electron chi connectivity index (χ2n) is 5.63. The van der Waals surface area contributed by atoms with E-state index in [0.29, 0.717) is 17.6 Å². The molecule has 0 amide bonds. The molecule has 0 spiro atoms. The zero-order valence-corrected chi connectivity index (χ0v) is 14.8. The largest absolute Gasteiger partial charge is 0.457 e. The fourth-order valence-electron chi connectivity index (χ4n) is 2.23. The zero-order valence-electron chi connectivity index (χ0n) is 13.9. The third kappa shape index (κ3) is 4.62. The molecule has 3 rings (SSSR count). The predicted octanol–water partition coefficient (Wildman–Crippen LogP) is 4.36. The minimum atomic E-state index is -4.81. The van der Waals surface area contributed by atoms with Crippen molar-refractivity contribution in [2.45, 2.75) is 11.3 Å². The quantitative estimate of drug-likeness (QED) is 0.615. The minimum absolute atomic E-state index is 0.170. The average molecular weight is 394 g/mol. The fraction of sp³-hybridized carbons (Fsp3) is 0.111. The van der Waals surface area contributed by atoms with Crippen molar-refractivity contribution in [1.29, 1.82) is 0 Å². The van der Waals surface area contributed by atoms with Gasteiger partial charge in [-0.05, 0) is 30.3 Å². The SMILES string of the molecule is CS(=O)(=O)c1nc(-c2cccc(Oc3ccccc3)c2)cc(C(F)(F)F)n1. The van der Waals surface area contributed by atoms with E-state index >= 15 is 0 Å². The van der Waals surface area contributed by atoms with Gasteiger partial charge >= 0.3 is 6.18 Å². The van der Waals surface area contributed by atoms with E-state index in [9.17, 15) is 21.6 Å². The van der Waals surface area contributed by atoms with Gasteiger partial charge in [-0.25, -0.2) is 18.4 Å². The standard InChI is InChI=1S/C18H13F3N2O3S/c1-27(24,25)17-22-15(11-16(23-17)18(19,20)21)12-6-5-9-14(10-12)26-13-7-3-2-4-8-13/h2-11H,1H3. The van der Waals surface area contributed by atoms with Gasteiger partial charge in [0.2, 0.25) is 15.0 Å². The lowest BCUT2D eigenvalue weighted by atomic mass is 10.1. The third-order valence-electron chi connectivity index (χ3n) is 3.44. The summed E-state index contributed by atoms with van der Waals surface area (Å²) in [4.78, 5) is 6.92. The summed E-state index contributed by atoms with van der Waals surface area (Å²) in [6.45, 7) is 0. The van der Waals surface area contributed by atoms with Gasteiger partial charge in [0.25, 0.3) is 0 Å². The number of hydrogen-bond acceptors (Lipinski definition) is 5. The average Bonchev–Trinajstić information content (AvgIpc) is 2.61. The molecular formula is C18H13F3N2O3S. The smallest absolute Gasteiger partial charge is 0.433 e. The predicted molar refractivity (Wildman–Crippen MR) is 92.1 cm³/mol. The molecule has 3 aromatic rings. The lowest BCUT2D eigenvalue weighted by Crippen LogP contribution is -2.14. The number of hydrogen-bond donors (Lipinski definition) is 0. The molecule has 0 aliphatic rings. The monoisotopic (exact) mass is 394 g/mol. The highest BCUT2D eigenvalue weighted by Gasteiger charge is 2.34. The Labute approximate surface area is 153 Å². The number of sulfone groups is 1. The Kier molecular flexibility index (Phi) is 4.88. The van der Waals surface area contributed by atoms with Crippen LogP contribution in [0.2, 0.25) is 0 Å². The number of rotatable bonds is 4. The molecule has 0 saturated carbocycles. The van der Waals surface area contributed by atoms with Gasteiger partial charge in [0.05, 0.1) is 5.69 Å². The number of para-hydroxylation sites is 1. The lowest BCUT2D eigenvalue weighted by Gasteiger charge is -2.11. The summed E-state index contributed by atoms with van der Waals surface area (Å²) in [5.74, 6) is 0.914. The molecule has 0 fully saturated rings. The van der Waals surface area contributed by atoms with E-state index in [1.807, 2.05) is 6.07 Å². The van der Waals surface area contributed by atoms with Crippen LogP contribution in [0.15, 0.2) is 65.8 Å². The van der Waals surface area contributed by atoms with Crippen molar-refractivity contribution < 1.29 is 26.3 Å². The van der Waals surface area contributed by atoms with Crippen LogP contribution in [0.3, 0.4) is 0 Å². The van der Waals surface area contributed by atoms with Crippen LogP contribution in [0.4, 0.5) is 13.2 Å². The number of alkyl halides is 3. The molecule has 0 saturated heterocycles. The number of aromatic nitrogens is 2. The first-order valence-electron chi connectivity index (χ1n) is 7.62. The summed E-state index contributed by atoms with van der Waals surface area (Å²) in [6.07, 6.45) is -4.06. The lowest BCUT2D eigenvalue weighted by molar-refractivity contribution is -0.141. The van der Waals surface area contributed by atoms with Crippen molar-refractivity contribution >= 4 is 9.84 Å². The Morgan fingerprint density at radius 1 is 0.889 bits per heavy atom. The summed E-state index contributed by atoms with van der Waals surface area (Å²) in [5, 5.41) is -0.887. The Morgan fingerprint density at radius 3 is 2.19 bits per heavy atom. The third-order valence-corrected chi connectivity index (χ3v) is 4.28. The van der Waals surface area contributed by atoms with Crippen molar-refractivity contribution in [2.24, 2.45) is 0 Å². The van der Waals surface area contributed by atoms with Crippen molar-refractivity contribution in [3.63, 3.8) is 0 Å². The van der Waals surface area contributed by atoms with E-state index in [1.54, 1.807) is 36.4 Å². The van der Waals surface area contributed by atoms with Gasteiger partial charge in [-0.3, -0.25) is 0 Å². The zero-order chi connectivity index (χ0) is 19.7. The summed E-state index contributed by atoms with van der Waals surface area (Å²) in [5.41, 5.74) is -1.24. The van der Waals surface area contributed by atoms with Crippen LogP contribution in [0.1, 0.15) is 5.69 Å². The van der Waals surface area contributed by atoms with Crippen LogP contribution < -0.4 is 4.74 Å². The maximum atomic E-state index is 13.1. The number of ether oxygens (including phenoxy) is 1. The van der Waals surface area contributed by atoms with E-state index in [2.05, 4.69) is 9.97 Å². The van der Waals surface area contributed by atoms with Crippen molar-refractivity contribution in [2.75, 3.05) is 6.26 Å². The molecule has 0 aliphatic heterocycles. The number of benzene rings is 2. The van der Waals surface area contributed by atoms with E-state index in [4.69, 9.17) is 4.74 Å². The van der Waals surface area contributed by atoms with E-state index in [-0.39, 0.29) is 11.3 Å². The van der Waals surface area contributed by atoms with Crippen LogP contribution in [-0.2, 0) is 16.0 Å². The molecule has 0 unspecified atom stereocenters. The number of halogens is 3.